The number of sulfonamides is 1. The number of carbonyl (C=O) groups excluding carboxylic acids is 2. The van der Waals surface area contributed by atoms with Gasteiger partial charge in [0.15, 0.2) is 0 Å². The van der Waals surface area contributed by atoms with Gasteiger partial charge in [0.1, 0.15) is 11.5 Å². The van der Waals surface area contributed by atoms with Crippen LogP contribution in [0.2, 0.25) is 0 Å². The lowest BCUT2D eigenvalue weighted by molar-refractivity contribution is -0.131. The van der Waals surface area contributed by atoms with Gasteiger partial charge >= 0.3 is 0 Å². The molecule has 4 rings (SSSR count). The number of hydrogen-bond acceptors (Lipinski definition) is 5. The zero-order valence-electron chi connectivity index (χ0n) is 17.8. The molecule has 1 aromatic carbocycles. The van der Waals surface area contributed by atoms with E-state index in [2.05, 4.69) is 5.32 Å². The molecule has 0 spiro atoms. The molecule has 31 heavy (non-hydrogen) atoms. The molecular weight excluding hydrogens is 418 g/mol. The lowest BCUT2D eigenvalue weighted by atomic mass is 10.1. The van der Waals surface area contributed by atoms with Crippen LogP contribution in [0, 0.1) is 13.8 Å². The molecule has 2 amide bonds. The molecule has 0 atom stereocenters. The van der Waals surface area contributed by atoms with Gasteiger partial charge in [-0.3, -0.25) is 9.59 Å². The summed E-state index contributed by atoms with van der Waals surface area (Å²) in [5.74, 6) is 0.545. The highest BCUT2D eigenvalue weighted by Gasteiger charge is 2.31. The maximum Gasteiger partial charge on any atom is 0.255 e. The average molecular weight is 446 g/mol. The van der Waals surface area contributed by atoms with Gasteiger partial charge in [0.2, 0.25) is 15.9 Å². The summed E-state index contributed by atoms with van der Waals surface area (Å²) in [6, 6.07) is 7.04. The fourth-order valence-corrected chi connectivity index (χ4v) is 5.73. The smallest absolute Gasteiger partial charge is 0.255 e. The van der Waals surface area contributed by atoms with Gasteiger partial charge in [-0.15, -0.1) is 0 Å². The number of benzene rings is 1. The van der Waals surface area contributed by atoms with Crippen molar-refractivity contribution >= 4 is 21.8 Å². The predicted molar refractivity (Wildman–Crippen MR) is 114 cm³/mol. The number of aryl methyl sites for hydroxylation is 4. The Morgan fingerprint density at radius 3 is 2.42 bits per heavy atom. The van der Waals surface area contributed by atoms with E-state index in [-0.39, 0.29) is 31.4 Å². The largest absolute Gasteiger partial charge is 0.466 e. The first-order valence-electron chi connectivity index (χ1n) is 10.5. The van der Waals surface area contributed by atoms with Crippen molar-refractivity contribution < 1.29 is 22.4 Å². The van der Waals surface area contributed by atoms with Gasteiger partial charge in [-0.1, -0.05) is 6.07 Å². The summed E-state index contributed by atoms with van der Waals surface area (Å²) in [7, 11) is -3.58. The first kappa shape index (κ1) is 21.6. The van der Waals surface area contributed by atoms with E-state index in [1.54, 1.807) is 36.9 Å². The van der Waals surface area contributed by atoms with Gasteiger partial charge in [0, 0.05) is 26.2 Å². The zero-order valence-corrected chi connectivity index (χ0v) is 18.6. The van der Waals surface area contributed by atoms with E-state index < -0.39 is 10.0 Å². The molecule has 8 nitrogen and oxygen atoms in total. The fourth-order valence-electron chi connectivity index (χ4n) is 4.25. The van der Waals surface area contributed by atoms with Crippen molar-refractivity contribution in [2.45, 2.75) is 38.0 Å². The van der Waals surface area contributed by atoms with Crippen LogP contribution in [0.1, 0.15) is 39.4 Å². The second-order valence-electron chi connectivity index (χ2n) is 8.08. The molecular formula is C22H27N3O5S. The Hall–Kier alpha value is -2.65. The molecule has 9 heteroatoms. The molecule has 0 unspecified atom stereocenters. The number of amides is 2. The SMILES string of the molecule is Cc1cc(C(=O)NCC(=O)N2CCN(S(=O)(=O)c3ccc4c(c3)CCC4)CC2)c(C)o1. The third-order valence-electron chi connectivity index (χ3n) is 5.98. The first-order valence-corrected chi connectivity index (χ1v) is 11.9. The topological polar surface area (TPSA) is 99.9 Å². The molecule has 1 fully saturated rings. The van der Waals surface area contributed by atoms with Crippen LogP contribution in [0.25, 0.3) is 0 Å². The standard InChI is InChI=1S/C22H27N3O5S/c1-15-12-20(16(2)30-15)22(27)23-14-21(26)24-8-10-25(11-9-24)31(28,29)19-7-6-17-4-3-5-18(17)13-19/h6-7,12-13H,3-5,8-11,14H2,1-2H3,(H,23,27). The predicted octanol–water partition coefficient (Wildman–Crippen LogP) is 1.65. The van der Waals surface area contributed by atoms with Crippen LogP contribution in [0.4, 0.5) is 0 Å². The highest BCUT2D eigenvalue weighted by molar-refractivity contribution is 7.89. The number of fused-ring (bicyclic) bond motifs is 1. The molecule has 1 aliphatic carbocycles. The molecule has 2 aromatic rings. The number of hydrogen-bond donors (Lipinski definition) is 1. The number of nitrogens with zero attached hydrogens (tertiary/aromatic N) is 2. The molecule has 0 radical (unpaired) electrons. The number of nitrogens with one attached hydrogen (secondary N) is 1. The highest BCUT2D eigenvalue weighted by atomic mass is 32.2. The van der Waals surface area contributed by atoms with Gasteiger partial charge in [-0.25, -0.2) is 8.42 Å². The zero-order chi connectivity index (χ0) is 22.2. The van der Waals surface area contributed by atoms with Gasteiger partial charge in [-0.05, 0) is 62.4 Å². The van der Waals surface area contributed by atoms with Crippen molar-refractivity contribution in [3.05, 3.63) is 52.5 Å². The van der Waals surface area contributed by atoms with Crippen LogP contribution in [-0.2, 0) is 27.7 Å². The maximum atomic E-state index is 13.0. The van der Waals surface area contributed by atoms with Gasteiger partial charge < -0.3 is 14.6 Å². The van der Waals surface area contributed by atoms with Crippen LogP contribution in [-0.4, -0.2) is 62.2 Å². The van der Waals surface area contributed by atoms with Crippen LogP contribution in [0.15, 0.2) is 33.6 Å². The van der Waals surface area contributed by atoms with Gasteiger partial charge in [0.25, 0.3) is 5.91 Å². The summed E-state index contributed by atoms with van der Waals surface area (Å²) < 4.78 is 32.8. The van der Waals surface area contributed by atoms with Crippen molar-refractivity contribution in [3.8, 4) is 0 Å². The summed E-state index contributed by atoms with van der Waals surface area (Å²) in [5.41, 5.74) is 2.77. The fraction of sp³-hybridized carbons (Fsp3) is 0.455. The minimum atomic E-state index is -3.58. The van der Waals surface area contributed by atoms with E-state index in [0.717, 1.165) is 24.8 Å². The van der Waals surface area contributed by atoms with Crippen molar-refractivity contribution in [2.24, 2.45) is 0 Å². The van der Waals surface area contributed by atoms with Gasteiger partial charge in [0.05, 0.1) is 17.0 Å². The number of piperazine rings is 1. The molecule has 2 aliphatic rings. The molecule has 1 aromatic heterocycles. The van der Waals surface area contributed by atoms with Crippen LogP contribution >= 0.6 is 0 Å². The highest BCUT2D eigenvalue weighted by Crippen LogP contribution is 2.26. The lowest BCUT2D eigenvalue weighted by Gasteiger charge is -2.34. The van der Waals surface area contributed by atoms with Crippen molar-refractivity contribution in [3.63, 3.8) is 0 Å². The summed E-state index contributed by atoms with van der Waals surface area (Å²) in [4.78, 5) is 26.7. The average Bonchev–Trinajstić information content (AvgIpc) is 3.36. The number of rotatable bonds is 5. The quantitative estimate of drug-likeness (QED) is 0.754. The number of carbonyl (C=O) groups is 2. The molecule has 0 bridgehead atoms. The Morgan fingerprint density at radius 1 is 1.03 bits per heavy atom. The Bertz CT molecular complexity index is 1110. The van der Waals surface area contributed by atoms with Crippen molar-refractivity contribution in [2.75, 3.05) is 32.7 Å². The minimum Gasteiger partial charge on any atom is -0.466 e. The third-order valence-corrected chi connectivity index (χ3v) is 7.88. The second kappa shape index (κ2) is 8.47. The van der Waals surface area contributed by atoms with Crippen LogP contribution < -0.4 is 5.32 Å². The normalized spacial score (nSPS) is 16.9. The Morgan fingerprint density at radius 2 is 1.74 bits per heavy atom. The summed E-state index contributed by atoms with van der Waals surface area (Å²) >= 11 is 0. The Balaban J connectivity index is 1.32. The van der Waals surface area contributed by atoms with E-state index in [9.17, 15) is 18.0 Å². The van der Waals surface area contributed by atoms with E-state index in [1.165, 1.54) is 9.87 Å². The van der Waals surface area contributed by atoms with Crippen molar-refractivity contribution in [1.29, 1.82) is 0 Å². The minimum absolute atomic E-state index is 0.139. The van der Waals surface area contributed by atoms with Crippen molar-refractivity contribution in [1.82, 2.24) is 14.5 Å². The second-order valence-corrected chi connectivity index (χ2v) is 10.0. The van der Waals surface area contributed by atoms with Crippen LogP contribution in [0.5, 0.6) is 0 Å². The third kappa shape index (κ3) is 4.38. The molecule has 1 saturated heterocycles. The maximum absolute atomic E-state index is 13.0. The van der Waals surface area contributed by atoms with Gasteiger partial charge in [-0.2, -0.15) is 4.31 Å². The molecule has 1 aliphatic heterocycles. The van der Waals surface area contributed by atoms with E-state index in [1.807, 2.05) is 6.07 Å². The first-order chi connectivity index (χ1) is 14.8. The molecule has 2 heterocycles. The summed E-state index contributed by atoms with van der Waals surface area (Å²) in [6.45, 7) is 4.37. The van der Waals surface area contributed by atoms with E-state index in [4.69, 9.17) is 4.42 Å². The van der Waals surface area contributed by atoms with E-state index in [0.29, 0.717) is 35.1 Å². The lowest BCUT2D eigenvalue weighted by Crippen LogP contribution is -2.52. The van der Waals surface area contributed by atoms with E-state index >= 15 is 0 Å². The molecule has 166 valence electrons. The summed E-state index contributed by atoms with van der Waals surface area (Å²) in [5, 5.41) is 2.62. The molecule has 0 saturated carbocycles. The molecule has 1 N–H and O–H groups in total. The Labute approximate surface area is 182 Å². The van der Waals surface area contributed by atoms with Crippen LogP contribution in [0.3, 0.4) is 0 Å². The summed E-state index contributed by atoms with van der Waals surface area (Å²) in [6.07, 6.45) is 2.99. The Kier molecular flexibility index (Phi) is 5.90. The monoisotopic (exact) mass is 445 g/mol. The number of furan rings is 1.